The summed E-state index contributed by atoms with van der Waals surface area (Å²) >= 11 is 0. The lowest BCUT2D eigenvalue weighted by Gasteiger charge is -2.36. The second-order valence-corrected chi connectivity index (χ2v) is 7.27. The number of hydrogen-bond donors (Lipinski definition) is 2. The minimum atomic E-state index is -0.993. The fourth-order valence-electron chi connectivity index (χ4n) is 3.74. The second kappa shape index (κ2) is 8.14. The summed E-state index contributed by atoms with van der Waals surface area (Å²) in [5.74, 6) is -4.10. The molecule has 0 bridgehead atoms. The number of urea groups is 1. The number of imide groups is 1. The van der Waals surface area contributed by atoms with Crippen molar-refractivity contribution in [2.24, 2.45) is 5.92 Å². The molecule has 2 aliphatic rings. The van der Waals surface area contributed by atoms with Crippen molar-refractivity contribution in [1.29, 1.82) is 0 Å². The molecular weight excluding hydrogens is 388 g/mol. The number of carbonyl (C=O) groups is 4. The first-order valence-electron chi connectivity index (χ1n) is 9.27. The zero-order valence-corrected chi connectivity index (χ0v) is 15.8. The topological polar surface area (TPSA) is 105 Å². The van der Waals surface area contributed by atoms with Gasteiger partial charge < -0.3 is 15.4 Å². The van der Waals surface area contributed by atoms with E-state index in [-0.39, 0.29) is 11.6 Å². The van der Waals surface area contributed by atoms with Crippen molar-refractivity contribution in [3.8, 4) is 0 Å². The van der Waals surface area contributed by atoms with Crippen molar-refractivity contribution in [2.75, 3.05) is 18.5 Å². The Labute approximate surface area is 165 Å². The number of halogens is 2. The normalized spacial score (nSPS) is 23.8. The lowest BCUT2D eigenvalue weighted by molar-refractivity contribution is -0.150. The third kappa shape index (κ3) is 4.20. The van der Waals surface area contributed by atoms with Gasteiger partial charge in [-0.3, -0.25) is 19.3 Å². The quantitative estimate of drug-likeness (QED) is 0.571. The molecule has 1 heterocycles. The van der Waals surface area contributed by atoms with Crippen LogP contribution in [0.3, 0.4) is 0 Å². The maximum absolute atomic E-state index is 13.5. The second-order valence-electron chi connectivity index (χ2n) is 7.27. The number of ether oxygens (including phenoxy) is 1. The molecule has 0 aromatic heterocycles. The van der Waals surface area contributed by atoms with E-state index in [1.165, 1.54) is 0 Å². The number of hydrogen-bond acceptors (Lipinski definition) is 5. The first-order valence-corrected chi connectivity index (χ1v) is 9.27. The summed E-state index contributed by atoms with van der Waals surface area (Å²) in [5.41, 5.74) is -1.26. The van der Waals surface area contributed by atoms with Crippen LogP contribution in [-0.4, -0.2) is 47.4 Å². The van der Waals surface area contributed by atoms with Crippen LogP contribution in [0.5, 0.6) is 0 Å². The van der Waals surface area contributed by atoms with Gasteiger partial charge in [0, 0.05) is 6.07 Å². The smallest absolute Gasteiger partial charge is 0.326 e. The van der Waals surface area contributed by atoms with E-state index < -0.39 is 54.1 Å². The summed E-state index contributed by atoms with van der Waals surface area (Å²) in [5, 5.41) is 4.85. The molecule has 2 N–H and O–H groups in total. The van der Waals surface area contributed by atoms with E-state index in [4.69, 9.17) is 4.74 Å². The van der Waals surface area contributed by atoms with Gasteiger partial charge in [-0.25, -0.2) is 13.6 Å². The van der Waals surface area contributed by atoms with Crippen molar-refractivity contribution in [2.45, 2.75) is 38.1 Å². The summed E-state index contributed by atoms with van der Waals surface area (Å²) < 4.78 is 31.2. The highest BCUT2D eigenvalue weighted by Crippen LogP contribution is 2.38. The van der Waals surface area contributed by atoms with Gasteiger partial charge in [-0.05, 0) is 30.9 Å². The van der Waals surface area contributed by atoms with Crippen LogP contribution in [0.25, 0.3) is 0 Å². The Bertz CT molecular complexity index is 862. The van der Waals surface area contributed by atoms with Gasteiger partial charge in [0.15, 0.2) is 6.61 Å². The van der Waals surface area contributed by atoms with Gasteiger partial charge in [0.1, 0.15) is 23.7 Å². The summed E-state index contributed by atoms with van der Waals surface area (Å²) in [4.78, 5) is 49.6. The first-order chi connectivity index (χ1) is 13.7. The van der Waals surface area contributed by atoms with E-state index in [9.17, 15) is 28.0 Å². The summed E-state index contributed by atoms with van der Waals surface area (Å²) in [6.07, 6.45) is 3.08. The Hall–Kier alpha value is -3.04. The van der Waals surface area contributed by atoms with Crippen LogP contribution in [0.4, 0.5) is 19.3 Å². The van der Waals surface area contributed by atoms with Crippen LogP contribution >= 0.6 is 0 Å². The van der Waals surface area contributed by atoms with Crippen LogP contribution in [0.15, 0.2) is 18.2 Å². The van der Waals surface area contributed by atoms with E-state index >= 15 is 0 Å². The Morgan fingerprint density at radius 2 is 2.07 bits per heavy atom. The van der Waals surface area contributed by atoms with Gasteiger partial charge in [-0.1, -0.05) is 19.8 Å². The number of nitrogens with one attached hydrogen (secondary N) is 2. The average Bonchev–Trinajstić information content (AvgIpc) is 2.90. The number of amides is 4. The third-order valence-electron chi connectivity index (χ3n) is 5.36. The van der Waals surface area contributed by atoms with Crippen molar-refractivity contribution in [1.82, 2.24) is 10.2 Å². The predicted octanol–water partition coefficient (Wildman–Crippen LogP) is 1.95. The van der Waals surface area contributed by atoms with Crippen LogP contribution in [0, 0.1) is 17.6 Å². The molecule has 0 unspecified atom stereocenters. The average molecular weight is 409 g/mol. The number of nitrogens with zero attached hydrogens (tertiary/aromatic N) is 1. The number of esters is 1. The van der Waals surface area contributed by atoms with Crippen LogP contribution in [0.1, 0.15) is 32.6 Å². The van der Waals surface area contributed by atoms with Crippen LogP contribution in [0.2, 0.25) is 0 Å². The molecule has 0 radical (unpaired) electrons. The fourth-order valence-corrected chi connectivity index (χ4v) is 3.74. The number of rotatable bonds is 5. The van der Waals surface area contributed by atoms with Crippen molar-refractivity contribution in [3.05, 3.63) is 29.8 Å². The molecule has 1 saturated heterocycles. The molecule has 2 fully saturated rings. The molecule has 1 saturated carbocycles. The highest BCUT2D eigenvalue weighted by Gasteiger charge is 2.55. The van der Waals surface area contributed by atoms with Gasteiger partial charge in [0.05, 0.1) is 5.69 Å². The SMILES string of the molecule is C[C@@H]1CCCC[C@@]12NC(=O)N(CC(=O)OCC(=O)Nc1ccc(F)cc1F)C2=O. The minimum absolute atomic E-state index is 0.0508. The molecule has 1 aromatic rings. The predicted molar refractivity (Wildman–Crippen MR) is 96.6 cm³/mol. The van der Waals surface area contributed by atoms with Gasteiger partial charge in [-0.2, -0.15) is 0 Å². The highest BCUT2D eigenvalue weighted by atomic mass is 19.1. The monoisotopic (exact) mass is 409 g/mol. The molecular formula is C19H21F2N3O5. The first kappa shape index (κ1) is 20.7. The van der Waals surface area contributed by atoms with E-state index in [1.807, 2.05) is 6.92 Å². The van der Waals surface area contributed by atoms with Gasteiger partial charge in [0.2, 0.25) is 0 Å². The number of anilines is 1. The van der Waals surface area contributed by atoms with E-state index in [1.54, 1.807) is 0 Å². The molecule has 3 rings (SSSR count). The minimum Gasteiger partial charge on any atom is -0.454 e. The van der Waals surface area contributed by atoms with Crippen molar-refractivity contribution < 1.29 is 32.7 Å². The molecule has 1 aliphatic carbocycles. The molecule has 156 valence electrons. The zero-order valence-electron chi connectivity index (χ0n) is 15.8. The molecule has 10 heteroatoms. The van der Waals surface area contributed by atoms with E-state index in [0.717, 1.165) is 36.3 Å². The number of carbonyl (C=O) groups excluding carboxylic acids is 4. The fraction of sp³-hybridized carbons (Fsp3) is 0.474. The third-order valence-corrected chi connectivity index (χ3v) is 5.36. The van der Waals surface area contributed by atoms with Crippen LogP contribution < -0.4 is 10.6 Å². The lowest BCUT2D eigenvalue weighted by Crippen LogP contribution is -2.54. The Morgan fingerprint density at radius 1 is 1.31 bits per heavy atom. The lowest BCUT2D eigenvalue weighted by atomic mass is 9.73. The highest BCUT2D eigenvalue weighted by molar-refractivity contribution is 6.09. The molecule has 29 heavy (non-hydrogen) atoms. The molecule has 1 aliphatic heterocycles. The van der Waals surface area contributed by atoms with Crippen molar-refractivity contribution in [3.63, 3.8) is 0 Å². The van der Waals surface area contributed by atoms with Gasteiger partial charge >= 0.3 is 12.0 Å². The van der Waals surface area contributed by atoms with Gasteiger partial charge in [0.25, 0.3) is 11.8 Å². The standard InChI is InChI=1S/C19H21F2N3O5/c1-11-4-2-3-7-19(11)17(27)24(18(28)23-19)9-16(26)29-10-15(25)22-14-6-5-12(20)8-13(14)21/h5-6,8,11H,2-4,7,9-10H2,1H3,(H,22,25)(H,23,28)/t11-,19-/m1/s1. The number of benzene rings is 1. The summed E-state index contributed by atoms with van der Waals surface area (Å²) in [6.45, 7) is 0.510. The van der Waals surface area contributed by atoms with E-state index in [0.29, 0.717) is 12.5 Å². The largest absolute Gasteiger partial charge is 0.454 e. The Balaban J connectivity index is 1.53. The van der Waals surface area contributed by atoms with Crippen molar-refractivity contribution >= 4 is 29.5 Å². The molecule has 1 spiro atoms. The molecule has 1 aromatic carbocycles. The zero-order chi connectivity index (χ0) is 21.2. The maximum atomic E-state index is 13.5. The van der Waals surface area contributed by atoms with Crippen LogP contribution in [-0.2, 0) is 19.1 Å². The van der Waals surface area contributed by atoms with E-state index in [2.05, 4.69) is 10.6 Å². The summed E-state index contributed by atoms with van der Waals surface area (Å²) in [6, 6.07) is 1.92. The molecule has 8 nitrogen and oxygen atoms in total. The van der Waals surface area contributed by atoms with Gasteiger partial charge in [-0.15, -0.1) is 0 Å². The molecule has 4 amide bonds. The Kier molecular flexibility index (Phi) is 5.81. The Morgan fingerprint density at radius 3 is 2.76 bits per heavy atom. The maximum Gasteiger partial charge on any atom is 0.326 e. The summed E-state index contributed by atoms with van der Waals surface area (Å²) in [7, 11) is 0. The molecule has 2 atom stereocenters.